The van der Waals surface area contributed by atoms with Crippen LogP contribution in [0.5, 0.6) is 0 Å². The van der Waals surface area contributed by atoms with Crippen molar-refractivity contribution in [3.63, 3.8) is 0 Å². The Kier molecular flexibility index (Phi) is 8.21. The predicted molar refractivity (Wildman–Crippen MR) is 132 cm³/mol. The van der Waals surface area contributed by atoms with Crippen molar-refractivity contribution in [2.24, 2.45) is 5.73 Å². The fourth-order valence-corrected chi connectivity index (χ4v) is 4.72. The number of sulfonamides is 1. The van der Waals surface area contributed by atoms with Crippen LogP contribution in [0.1, 0.15) is 24.5 Å². The van der Waals surface area contributed by atoms with Gasteiger partial charge in [0.2, 0.25) is 27.7 Å². The minimum atomic E-state index is -4.11. The number of aryl methyl sites for hydroxylation is 1. The molecule has 0 aliphatic carbocycles. The first-order valence-corrected chi connectivity index (χ1v) is 12.5. The highest BCUT2D eigenvalue weighted by molar-refractivity contribution is 7.89. The zero-order valence-corrected chi connectivity index (χ0v) is 20.3. The zero-order valence-electron chi connectivity index (χ0n) is 19.4. The number of nitrogens with two attached hydrogens (primary N) is 1. The summed E-state index contributed by atoms with van der Waals surface area (Å²) in [6.07, 6.45) is -0.568. The number of amides is 3. The molecule has 0 radical (unpaired) electrons. The van der Waals surface area contributed by atoms with Crippen LogP contribution in [-0.2, 0) is 31.0 Å². The molecule has 2 atom stereocenters. The number of nitrogens with one attached hydrogen (secondary N) is 3. The summed E-state index contributed by atoms with van der Waals surface area (Å²) >= 11 is 0. The van der Waals surface area contributed by atoms with Gasteiger partial charge in [-0.1, -0.05) is 60.2 Å². The molecule has 0 fully saturated rings. The molecule has 0 unspecified atom stereocenters. The molecule has 0 heterocycles. The molecular weight excluding hydrogens is 468 g/mol. The van der Waals surface area contributed by atoms with Crippen molar-refractivity contribution in [2.45, 2.75) is 43.8 Å². The van der Waals surface area contributed by atoms with Crippen LogP contribution in [0.2, 0.25) is 0 Å². The highest BCUT2D eigenvalue weighted by Crippen LogP contribution is 2.18. The molecule has 0 spiro atoms. The van der Waals surface area contributed by atoms with Gasteiger partial charge in [0, 0.05) is 6.54 Å². The van der Waals surface area contributed by atoms with E-state index in [1.54, 1.807) is 19.1 Å². The lowest BCUT2D eigenvalue weighted by molar-refractivity contribution is -0.130. The van der Waals surface area contributed by atoms with Crippen LogP contribution in [0.15, 0.2) is 71.6 Å². The number of hydrogen-bond acceptors (Lipinski definition) is 5. The summed E-state index contributed by atoms with van der Waals surface area (Å²) in [6, 6.07) is 17.1. The van der Waals surface area contributed by atoms with Crippen molar-refractivity contribution < 1.29 is 22.8 Å². The summed E-state index contributed by atoms with van der Waals surface area (Å²) in [5, 5.41) is 7.26. The number of hydrogen-bond donors (Lipinski definition) is 4. The minimum Gasteiger partial charge on any atom is -0.370 e. The monoisotopic (exact) mass is 496 g/mol. The molecule has 3 amide bonds. The van der Waals surface area contributed by atoms with Gasteiger partial charge >= 0.3 is 0 Å². The second-order valence-corrected chi connectivity index (χ2v) is 9.96. The van der Waals surface area contributed by atoms with Gasteiger partial charge in [-0.05, 0) is 42.3 Å². The molecule has 10 heteroatoms. The number of carbonyl (C=O) groups excluding carboxylic acids is 3. The first kappa shape index (κ1) is 25.9. The largest absolute Gasteiger partial charge is 0.370 e. The van der Waals surface area contributed by atoms with Gasteiger partial charge in [-0.15, -0.1) is 0 Å². The van der Waals surface area contributed by atoms with Gasteiger partial charge in [0.05, 0.1) is 11.3 Å². The summed E-state index contributed by atoms with van der Waals surface area (Å²) in [7, 11) is -4.11. The maximum absolute atomic E-state index is 12.8. The molecule has 3 rings (SSSR count). The molecule has 0 saturated carbocycles. The smallest absolute Gasteiger partial charge is 0.242 e. The van der Waals surface area contributed by atoms with Crippen molar-refractivity contribution in [1.82, 2.24) is 15.4 Å². The lowest BCUT2D eigenvalue weighted by Gasteiger charge is -2.20. The first-order chi connectivity index (χ1) is 16.6. The third-order valence-electron chi connectivity index (χ3n) is 5.44. The normalized spacial score (nSPS) is 13.1. The Morgan fingerprint density at radius 2 is 1.57 bits per heavy atom. The van der Waals surface area contributed by atoms with Gasteiger partial charge < -0.3 is 16.4 Å². The van der Waals surface area contributed by atoms with Gasteiger partial charge in [-0.2, -0.15) is 4.72 Å². The Morgan fingerprint density at radius 3 is 2.26 bits per heavy atom. The lowest BCUT2D eigenvalue weighted by atomic mass is 10.0. The van der Waals surface area contributed by atoms with E-state index in [9.17, 15) is 22.8 Å². The average molecular weight is 497 g/mol. The Morgan fingerprint density at radius 1 is 0.914 bits per heavy atom. The SMILES string of the molecule is Cc1ccc(S(=O)(=O)N[C@@H](CC(N)=O)C(=O)N[C@@H](C)C(=O)NCc2cccc3ccccc23)cc1. The van der Waals surface area contributed by atoms with E-state index < -0.39 is 46.2 Å². The number of fused-ring (bicyclic) bond motifs is 1. The quantitative estimate of drug-likeness (QED) is 0.336. The Labute approximate surface area is 204 Å². The van der Waals surface area contributed by atoms with Gasteiger partial charge in [0.1, 0.15) is 12.1 Å². The molecule has 0 saturated heterocycles. The van der Waals surface area contributed by atoms with E-state index in [0.717, 1.165) is 21.9 Å². The molecule has 3 aromatic rings. The highest BCUT2D eigenvalue weighted by Gasteiger charge is 2.29. The highest BCUT2D eigenvalue weighted by atomic mass is 32.2. The van der Waals surface area contributed by atoms with Crippen LogP contribution in [-0.4, -0.2) is 38.2 Å². The Balaban J connectivity index is 1.65. The molecule has 5 N–H and O–H groups in total. The number of primary amides is 1. The molecular formula is C25H28N4O5S. The van der Waals surface area contributed by atoms with Crippen LogP contribution < -0.4 is 21.1 Å². The fourth-order valence-electron chi connectivity index (χ4n) is 3.52. The molecule has 9 nitrogen and oxygen atoms in total. The summed E-state index contributed by atoms with van der Waals surface area (Å²) in [5.74, 6) is -2.18. The third kappa shape index (κ3) is 6.87. The van der Waals surface area contributed by atoms with Crippen LogP contribution in [0.3, 0.4) is 0 Å². The molecule has 35 heavy (non-hydrogen) atoms. The first-order valence-electron chi connectivity index (χ1n) is 11.0. The van der Waals surface area contributed by atoms with Gasteiger partial charge in [-0.25, -0.2) is 8.42 Å². The molecule has 0 aliphatic heterocycles. The van der Waals surface area contributed by atoms with Crippen molar-refractivity contribution in [1.29, 1.82) is 0 Å². The van der Waals surface area contributed by atoms with Crippen LogP contribution in [0.4, 0.5) is 0 Å². The van der Waals surface area contributed by atoms with Crippen LogP contribution in [0, 0.1) is 6.92 Å². The number of benzene rings is 3. The van der Waals surface area contributed by atoms with Gasteiger partial charge in [0.15, 0.2) is 0 Å². The summed E-state index contributed by atoms with van der Waals surface area (Å²) in [4.78, 5) is 36.8. The van der Waals surface area contributed by atoms with Crippen molar-refractivity contribution >= 4 is 38.5 Å². The maximum Gasteiger partial charge on any atom is 0.242 e. The molecule has 0 bridgehead atoms. The lowest BCUT2D eigenvalue weighted by Crippen LogP contribution is -2.53. The standard InChI is InChI=1S/C25H28N4O5S/c1-16-10-12-20(13-11-16)35(33,34)29-22(14-23(26)30)25(32)28-17(2)24(31)27-15-19-8-5-7-18-6-3-4-9-21(18)19/h3-13,17,22,29H,14-15H2,1-2H3,(H2,26,30)(H,27,31)(H,28,32)/t17-,22-/m0/s1. The molecule has 0 aromatic heterocycles. The molecule has 0 aliphatic rings. The van der Waals surface area contributed by atoms with E-state index in [1.807, 2.05) is 42.5 Å². The topological polar surface area (TPSA) is 147 Å². The summed E-state index contributed by atoms with van der Waals surface area (Å²) < 4.78 is 27.6. The van der Waals surface area contributed by atoms with Crippen LogP contribution >= 0.6 is 0 Å². The predicted octanol–water partition coefficient (Wildman–Crippen LogP) is 1.49. The zero-order chi connectivity index (χ0) is 25.6. The van der Waals surface area contributed by atoms with E-state index >= 15 is 0 Å². The minimum absolute atomic E-state index is 0.0637. The second-order valence-electron chi connectivity index (χ2n) is 8.24. The molecule has 3 aromatic carbocycles. The maximum atomic E-state index is 12.8. The third-order valence-corrected chi connectivity index (χ3v) is 6.92. The van der Waals surface area contributed by atoms with E-state index in [0.29, 0.717) is 0 Å². The average Bonchev–Trinajstić information content (AvgIpc) is 2.81. The van der Waals surface area contributed by atoms with E-state index in [2.05, 4.69) is 15.4 Å². The van der Waals surface area contributed by atoms with Crippen molar-refractivity contribution in [3.8, 4) is 0 Å². The van der Waals surface area contributed by atoms with E-state index in [1.165, 1.54) is 19.1 Å². The fraction of sp³-hybridized carbons (Fsp3) is 0.240. The van der Waals surface area contributed by atoms with E-state index in [4.69, 9.17) is 5.73 Å². The number of carbonyl (C=O) groups is 3. The molecule has 184 valence electrons. The van der Waals surface area contributed by atoms with Gasteiger partial charge in [-0.3, -0.25) is 14.4 Å². The van der Waals surface area contributed by atoms with Gasteiger partial charge in [0.25, 0.3) is 0 Å². The number of rotatable bonds is 10. The second kappa shape index (κ2) is 11.1. The van der Waals surface area contributed by atoms with E-state index in [-0.39, 0.29) is 11.4 Å². The Bertz CT molecular complexity index is 1330. The summed E-state index contributed by atoms with van der Waals surface area (Å²) in [6.45, 7) is 3.51. The van der Waals surface area contributed by atoms with Crippen molar-refractivity contribution in [2.75, 3.05) is 0 Å². The summed E-state index contributed by atoms with van der Waals surface area (Å²) in [5.41, 5.74) is 6.99. The van der Waals surface area contributed by atoms with Crippen LogP contribution in [0.25, 0.3) is 10.8 Å². The van der Waals surface area contributed by atoms with Crippen molar-refractivity contribution in [3.05, 3.63) is 77.9 Å². The Hall–Kier alpha value is -3.76.